The lowest BCUT2D eigenvalue weighted by atomic mass is 9.69. The van der Waals surface area contributed by atoms with E-state index in [1.54, 1.807) is 6.08 Å². The highest BCUT2D eigenvalue weighted by molar-refractivity contribution is 6.19. The van der Waals surface area contributed by atoms with Gasteiger partial charge in [-0.1, -0.05) is 31.1 Å². The van der Waals surface area contributed by atoms with Gasteiger partial charge < -0.3 is 35.0 Å². The normalized spacial score (nSPS) is 35.9. The summed E-state index contributed by atoms with van der Waals surface area (Å²) in [5.41, 5.74) is 1.00. The first-order valence-electron chi connectivity index (χ1n) is 11.6. The van der Waals surface area contributed by atoms with E-state index in [2.05, 4.69) is 0 Å². The van der Waals surface area contributed by atoms with Crippen molar-refractivity contribution in [2.75, 3.05) is 6.61 Å². The number of ketones is 2. The van der Waals surface area contributed by atoms with Crippen LogP contribution in [0.5, 0.6) is 5.75 Å². The Kier molecular flexibility index (Phi) is 6.07. The van der Waals surface area contributed by atoms with Crippen LogP contribution in [0.3, 0.4) is 0 Å². The lowest BCUT2D eigenvalue weighted by Gasteiger charge is -2.40. The van der Waals surface area contributed by atoms with Crippen LogP contribution in [-0.4, -0.2) is 74.4 Å². The third-order valence-corrected chi connectivity index (χ3v) is 7.41. The van der Waals surface area contributed by atoms with E-state index in [9.17, 15) is 35.1 Å². The minimum absolute atomic E-state index is 0.0385. The minimum atomic E-state index is -1.67. The van der Waals surface area contributed by atoms with Crippen molar-refractivity contribution >= 4 is 11.6 Å². The van der Waals surface area contributed by atoms with E-state index in [0.29, 0.717) is 0 Å². The van der Waals surface area contributed by atoms with Gasteiger partial charge in [0.15, 0.2) is 11.6 Å². The van der Waals surface area contributed by atoms with E-state index in [0.717, 1.165) is 31.3 Å². The van der Waals surface area contributed by atoms with E-state index >= 15 is 0 Å². The summed E-state index contributed by atoms with van der Waals surface area (Å²) < 4.78 is 11.1. The quantitative estimate of drug-likeness (QED) is 0.433. The Morgan fingerprint density at radius 3 is 2.44 bits per heavy atom. The van der Waals surface area contributed by atoms with Crippen molar-refractivity contribution in [2.45, 2.75) is 56.4 Å². The molecule has 1 aromatic carbocycles. The Morgan fingerprint density at radius 2 is 1.74 bits per heavy atom. The fourth-order valence-electron chi connectivity index (χ4n) is 5.55. The highest BCUT2D eigenvalue weighted by Crippen LogP contribution is 2.44. The molecule has 1 aliphatic heterocycles. The molecule has 0 amide bonds. The third kappa shape index (κ3) is 3.68. The molecule has 9 nitrogen and oxygen atoms in total. The van der Waals surface area contributed by atoms with Gasteiger partial charge in [-0.3, -0.25) is 9.59 Å². The van der Waals surface area contributed by atoms with Crippen molar-refractivity contribution in [1.29, 1.82) is 0 Å². The molecule has 5 N–H and O–H groups in total. The Hall–Kier alpha value is -2.56. The van der Waals surface area contributed by atoms with E-state index in [1.165, 1.54) is 18.2 Å². The predicted molar refractivity (Wildman–Crippen MR) is 117 cm³/mol. The second kappa shape index (κ2) is 8.90. The molecule has 1 saturated carbocycles. The van der Waals surface area contributed by atoms with E-state index in [1.807, 2.05) is 6.08 Å². The summed E-state index contributed by atoms with van der Waals surface area (Å²) in [5, 5.41) is 50.5. The number of allylic oxidation sites excluding steroid dienone is 4. The minimum Gasteiger partial charge on any atom is -0.511 e. The van der Waals surface area contributed by atoms with Gasteiger partial charge in [0.25, 0.3) is 0 Å². The summed E-state index contributed by atoms with van der Waals surface area (Å²) in [5.74, 6) is -2.61. The largest absolute Gasteiger partial charge is 0.511 e. The molecule has 34 heavy (non-hydrogen) atoms. The molecule has 0 bridgehead atoms. The molecule has 0 unspecified atom stereocenters. The van der Waals surface area contributed by atoms with Gasteiger partial charge in [-0.05, 0) is 36.5 Å². The number of Topliss-reactive ketones (excluding diaryl/α,β-unsaturated/α-hetero) is 2. The molecule has 5 rings (SSSR count). The van der Waals surface area contributed by atoms with E-state index < -0.39 is 54.9 Å². The number of hydrogen-bond acceptors (Lipinski definition) is 9. The first-order chi connectivity index (χ1) is 16.3. The van der Waals surface area contributed by atoms with Crippen LogP contribution >= 0.6 is 0 Å². The highest BCUT2D eigenvalue weighted by atomic mass is 16.7. The van der Waals surface area contributed by atoms with Crippen LogP contribution in [0, 0.1) is 17.8 Å². The lowest BCUT2D eigenvalue weighted by Crippen LogP contribution is -2.60. The second-order valence-electron chi connectivity index (χ2n) is 9.44. The molecule has 182 valence electrons. The molecular formula is C25H28O9. The van der Waals surface area contributed by atoms with Gasteiger partial charge in [0, 0.05) is 5.56 Å². The number of ether oxygens (including phenoxy) is 2. The Morgan fingerprint density at radius 1 is 1.00 bits per heavy atom. The molecule has 1 saturated heterocycles. The van der Waals surface area contributed by atoms with Crippen LogP contribution in [0.2, 0.25) is 0 Å². The van der Waals surface area contributed by atoms with Crippen molar-refractivity contribution in [1.82, 2.24) is 0 Å². The van der Waals surface area contributed by atoms with Gasteiger partial charge in [0.1, 0.15) is 35.9 Å². The maximum Gasteiger partial charge on any atom is 0.229 e. The maximum absolute atomic E-state index is 13.5. The standard InChI is InChI=1S/C25H28O9/c26-10-17-21(29)23(31)24(32)25(34-17)33-16-7-3-6-13-19(16)22(30)18-14(20(13)28)8-12(9-15(18)27)11-4-1-2-5-11/h3,6-9,11,14,17-18,21,23-27,29,31-32H,1-2,4-5,10H2/t14-,17+,18+,21+,23-,24+,25-/m0/s1. The summed E-state index contributed by atoms with van der Waals surface area (Å²) in [4.78, 5) is 26.9. The number of carbonyl (C=O) groups excluding carboxylic acids is 2. The zero-order chi connectivity index (χ0) is 24.1. The molecular weight excluding hydrogens is 444 g/mol. The summed E-state index contributed by atoms with van der Waals surface area (Å²) in [6.07, 6.45) is 0.0180. The Balaban J connectivity index is 1.48. The van der Waals surface area contributed by atoms with Crippen LogP contribution in [0.1, 0.15) is 46.4 Å². The van der Waals surface area contributed by atoms with Gasteiger partial charge in [-0.15, -0.1) is 0 Å². The molecule has 4 aliphatic rings. The summed E-state index contributed by atoms with van der Waals surface area (Å²) >= 11 is 0. The zero-order valence-corrected chi connectivity index (χ0v) is 18.4. The summed E-state index contributed by atoms with van der Waals surface area (Å²) in [7, 11) is 0. The average molecular weight is 472 g/mol. The molecule has 0 aromatic heterocycles. The van der Waals surface area contributed by atoms with Crippen LogP contribution in [-0.2, 0) is 4.74 Å². The van der Waals surface area contributed by atoms with Crippen molar-refractivity contribution in [3.63, 3.8) is 0 Å². The maximum atomic E-state index is 13.5. The van der Waals surface area contributed by atoms with Gasteiger partial charge in [0.05, 0.1) is 24.0 Å². The van der Waals surface area contributed by atoms with Crippen LogP contribution in [0.15, 0.2) is 41.7 Å². The fourth-order valence-corrected chi connectivity index (χ4v) is 5.55. The zero-order valence-electron chi connectivity index (χ0n) is 18.4. The van der Waals surface area contributed by atoms with Crippen LogP contribution < -0.4 is 4.74 Å². The molecule has 0 spiro atoms. The lowest BCUT2D eigenvalue weighted by molar-refractivity contribution is -0.277. The summed E-state index contributed by atoms with van der Waals surface area (Å²) in [6, 6.07) is 4.48. The number of hydrogen-bond donors (Lipinski definition) is 5. The average Bonchev–Trinajstić information content (AvgIpc) is 3.37. The third-order valence-electron chi connectivity index (χ3n) is 7.41. The van der Waals surface area contributed by atoms with E-state index in [4.69, 9.17) is 9.47 Å². The number of carbonyl (C=O) groups is 2. The van der Waals surface area contributed by atoms with Crippen molar-refractivity contribution < 1.29 is 44.6 Å². The van der Waals surface area contributed by atoms with Crippen LogP contribution in [0.4, 0.5) is 0 Å². The van der Waals surface area contributed by atoms with E-state index in [-0.39, 0.29) is 34.3 Å². The SMILES string of the molecule is O=C1c2c(O[C@H]3O[C@H](CO)[C@@H](O)[C@H](O)[C@H]3O)cccc2C(=O)[C@H]2C=C(C3CCCC3)C=C(O)[C@H]12. The first-order valence-corrected chi connectivity index (χ1v) is 11.6. The van der Waals surface area contributed by atoms with Crippen LogP contribution in [0.25, 0.3) is 0 Å². The fraction of sp³-hybridized carbons (Fsp3) is 0.520. The number of benzene rings is 1. The Labute approximate surface area is 195 Å². The molecule has 0 radical (unpaired) electrons. The van der Waals surface area contributed by atoms with Gasteiger partial charge in [0.2, 0.25) is 6.29 Å². The van der Waals surface area contributed by atoms with Gasteiger partial charge in [-0.2, -0.15) is 0 Å². The second-order valence-corrected chi connectivity index (χ2v) is 9.44. The van der Waals surface area contributed by atoms with Gasteiger partial charge >= 0.3 is 0 Å². The number of rotatable bonds is 4. The molecule has 9 heteroatoms. The summed E-state index contributed by atoms with van der Waals surface area (Å²) in [6.45, 7) is -0.632. The molecule has 2 fully saturated rings. The molecule has 1 heterocycles. The Bertz CT molecular complexity index is 1050. The van der Waals surface area contributed by atoms with Crippen molar-refractivity contribution in [3.8, 4) is 5.75 Å². The highest BCUT2D eigenvalue weighted by Gasteiger charge is 2.48. The number of fused-ring (bicyclic) bond motifs is 2. The smallest absolute Gasteiger partial charge is 0.229 e. The first kappa shape index (κ1) is 23.2. The topological polar surface area (TPSA) is 154 Å². The molecule has 3 aliphatic carbocycles. The molecule has 1 aromatic rings. The van der Waals surface area contributed by atoms with Gasteiger partial charge in [-0.25, -0.2) is 0 Å². The monoisotopic (exact) mass is 472 g/mol. The number of aliphatic hydroxyl groups excluding tert-OH is 5. The number of aliphatic hydroxyl groups is 5. The van der Waals surface area contributed by atoms with Crippen molar-refractivity contribution in [2.24, 2.45) is 17.8 Å². The predicted octanol–water partition coefficient (Wildman–Crippen LogP) is 1.05. The van der Waals surface area contributed by atoms with Crippen molar-refractivity contribution in [3.05, 3.63) is 52.8 Å². The molecule has 7 atom stereocenters.